The molecule has 0 unspecified atom stereocenters. The number of fused-ring (bicyclic) bond motifs is 1. The van der Waals surface area contributed by atoms with Crippen LogP contribution in [0.1, 0.15) is 43.4 Å². The molecule has 0 aliphatic heterocycles. The second-order valence-corrected chi connectivity index (χ2v) is 6.82. The van der Waals surface area contributed by atoms with Gasteiger partial charge in [-0.25, -0.2) is 0 Å². The molecule has 0 nitrogen and oxygen atoms in total. The summed E-state index contributed by atoms with van der Waals surface area (Å²) in [6.45, 7) is 4.46. The first-order chi connectivity index (χ1) is 10.2. The van der Waals surface area contributed by atoms with E-state index in [4.69, 9.17) is 0 Å². The normalized spacial score (nSPS) is 13.2. The first-order valence-corrected chi connectivity index (χ1v) is 8.56. The van der Waals surface area contributed by atoms with Crippen LogP contribution in [0.25, 0.3) is 17.2 Å². The van der Waals surface area contributed by atoms with Gasteiger partial charge in [0.15, 0.2) is 0 Å². The molecule has 108 valence electrons. The van der Waals surface area contributed by atoms with Crippen LogP contribution in [0.2, 0.25) is 0 Å². The number of allylic oxidation sites excluding steroid dienone is 1. The zero-order chi connectivity index (χ0) is 14.8. The summed E-state index contributed by atoms with van der Waals surface area (Å²) in [7, 11) is 0. The summed E-state index contributed by atoms with van der Waals surface area (Å²) in [4.78, 5) is 0. The van der Waals surface area contributed by atoms with Crippen LogP contribution in [-0.2, 0) is 12.8 Å². The van der Waals surface area contributed by atoms with Crippen LogP contribution in [0.4, 0.5) is 0 Å². The molecular formula is C20H21Br. The third kappa shape index (κ3) is 2.98. The molecule has 2 aromatic carbocycles. The molecule has 0 bridgehead atoms. The highest BCUT2D eigenvalue weighted by Gasteiger charge is 2.17. The summed E-state index contributed by atoms with van der Waals surface area (Å²) in [6.07, 6.45) is 7.13. The van der Waals surface area contributed by atoms with Gasteiger partial charge >= 0.3 is 0 Å². The Morgan fingerprint density at radius 1 is 1.05 bits per heavy atom. The highest BCUT2D eigenvalue weighted by Crippen LogP contribution is 2.39. The van der Waals surface area contributed by atoms with Gasteiger partial charge in [0.25, 0.3) is 0 Å². The second-order valence-electron chi connectivity index (χ2n) is 5.96. The fourth-order valence-electron chi connectivity index (χ4n) is 3.07. The van der Waals surface area contributed by atoms with Gasteiger partial charge < -0.3 is 0 Å². The van der Waals surface area contributed by atoms with Gasteiger partial charge in [-0.3, -0.25) is 0 Å². The molecule has 0 atom stereocenters. The molecule has 0 saturated carbocycles. The molecular weight excluding hydrogens is 320 g/mol. The average molecular weight is 341 g/mol. The van der Waals surface area contributed by atoms with Gasteiger partial charge in [0.2, 0.25) is 0 Å². The molecule has 0 spiro atoms. The molecule has 2 aromatic rings. The van der Waals surface area contributed by atoms with E-state index in [2.05, 4.69) is 72.3 Å². The molecule has 0 N–H and O–H groups in total. The Labute approximate surface area is 136 Å². The third-order valence-corrected chi connectivity index (χ3v) is 4.87. The van der Waals surface area contributed by atoms with Gasteiger partial charge in [-0.2, -0.15) is 0 Å². The lowest BCUT2D eigenvalue weighted by atomic mass is 9.96. The van der Waals surface area contributed by atoms with Crippen molar-refractivity contribution in [3.8, 4) is 11.1 Å². The van der Waals surface area contributed by atoms with Crippen molar-refractivity contribution in [1.29, 1.82) is 0 Å². The Kier molecular flexibility index (Phi) is 4.30. The lowest BCUT2D eigenvalue weighted by molar-refractivity contribution is 0.795. The van der Waals surface area contributed by atoms with E-state index in [0.717, 1.165) is 6.42 Å². The van der Waals surface area contributed by atoms with E-state index < -0.39 is 0 Å². The standard InChI is InChI=1S/C20H21Br/c1-3-4-5-15-6-8-16(9-7-15)20-18-13-14(2)12-17(18)10-11-19(20)21/h6-11,13H,3-5,12H2,1-2H3. The van der Waals surface area contributed by atoms with Gasteiger partial charge in [-0.15, -0.1) is 0 Å². The molecule has 0 fully saturated rings. The lowest BCUT2D eigenvalue weighted by Crippen LogP contribution is -1.90. The van der Waals surface area contributed by atoms with E-state index in [1.54, 1.807) is 0 Å². The first-order valence-electron chi connectivity index (χ1n) is 7.77. The highest BCUT2D eigenvalue weighted by molar-refractivity contribution is 9.10. The summed E-state index contributed by atoms with van der Waals surface area (Å²) < 4.78 is 1.19. The Hall–Kier alpha value is -1.34. The molecule has 3 rings (SSSR count). The summed E-state index contributed by atoms with van der Waals surface area (Å²) in [5.41, 5.74) is 8.38. The van der Waals surface area contributed by atoms with Gasteiger partial charge in [-0.05, 0) is 54.5 Å². The molecule has 0 saturated heterocycles. The van der Waals surface area contributed by atoms with Gasteiger partial charge in [-0.1, -0.05) is 71.3 Å². The maximum Gasteiger partial charge on any atom is 0.0259 e. The van der Waals surface area contributed by atoms with Crippen molar-refractivity contribution in [3.63, 3.8) is 0 Å². The van der Waals surface area contributed by atoms with E-state index in [1.165, 1.54) is 57.1 Å². The Bertz CT molecular complexity index is 678. The zero-order valence-corrected chi connectivity index (χ0v) is 14.3. The lowest BCUT2D eigenvalue weighted by Gasteiger charge is -2.11. The minimum atomic E-state index is 1.09. The number of halogens is 1. The Morgan fingerprint density at radius 2 is 1.81 bits per heavy atom. The monoisotopic (exact) mass is 340 g/mol. The molecule has 0 heterocycles. The van der Waals surface area contributed by atoms with Crippen molar-refractivity contribution < 1.29 is 0 Å². The molecule has 0 radical (unpaired) electrons. The van der Waals surface area contributed by atoms with Crippen LogP contribution < -0.4 is 0 Å². The number of hydrogen-bond donors (Lipinski definition) is 0. The SMILES string of the molecule is CCCCc1ccc(-c2c(Br)ccc3c2C=C(C)C3)cc1. The van der Waals surface area contributed by atoms with Crippen molar-refractivity contribution in [2.45, 2.75) is 39.5 Å². The molecule has 1 aliphatic carbocycles. The van der Waals surface area contributed by atoms with Gasteiger partial charge in [0, 0.05) is 10.0 Å². The minimum absolute atomic E-state index is 1.09. The summed E-state index contributed by atoms with van der Waals surface area (Å²) >= 11 is 3.74. The van der Waals surface area contributed by atoms with Crippen molar-refractivity contribution >= 4 is 22.0 Å². The van der Waals surface area contributed by atoms with Crippen LogP contribution >= 0.6 is 15.9 Å². The number of benzene rings is 2. The fraction of sp³-hybridized carbons (Fsp3) is 0.300. The zero-order valence-electron chi connectivity index (χ0n) is 12.7. The van der Waals surface area contributed by atoms with Crippen LogP contribution in [0.3, 0.4) is 0 Å². The number of unbranched alkanes of at least 4 members (excludes halogenated alkanes) is 1. The molecule has 0 aromatic heterocycles. The van der Waals surface area contributed by atoms with Crippen LogP contribution in [-0.4, -0.2) is 0 Å². The second kappa shape index (κ2) is 6.19. The van der Waals surface area contributed by atoms with Crippen molar-refractivity contribution in [1.82, 2.24) is 0 Å². The van der Waals surface area contributed by atoms with Crippen LogP contribution in [0, 0.1) is 0 Å². The maximum atomic E-state index is 3.74. The largest absolute Gasteiger partial charge is 0.0683 e. The van der Waals surface area contributed by atoms with Gasteiger partial charge in [0.1, 0.15) is 0 Å². The van der Waals surface area contributed by atoms with Crippen molar-refractivity contribution in [2.75, 3.05) is 0 Å². The minimum Gasteiger partial charge on any atom is -0.0683 e. The summed E-state index contributed by atoms with van der Waals surface area (Å²) in [5.74, 6) is 0. The van der Waals surface area contributed by atoms with E-state index in [-0.39, 0.29) is 0 Å². The van der Waals surface area contributed by atoms with E-state index in [1.807, 2.05) is 0 Å². The van der Waals surface area contributed by atoms with Crippen molar-refractivity contribution in [3.05, 3.63) is 63.1 Å². The Balaban J connectivity index is 1.99. The smallest absolute Gasteiger partial charge is 0.0259 e. The maximum absolute atomic E-state index is 3.74. The topological polar surface area (TPSA) is 0 Å². The first kappa shape index (κ1) is 14.6. The summed E-state index contributed by atoms with van der Waals surface area (Å²) in [5, 5.41) is 0. The fourth-order valence-corrected chi connectivity index (χ4v) is 3.64. The van der Waals surface area contributed by atoms with Crippen molar-refractivity contribution in [2.24, 2.45) is 0 Å². The van der Waals surface area contributed by atoms with Crippen LogP contribution in [0.5, 0.6) is 0 Å². The van der Waals surface area contributed by atoms with Gasteiger partial charge in [0.05, 0.1) is 0 Å². The number of aryl methyl sites for hydroxylation is 1. The Morgan fingerprint density at radius 3 is 2.52 bits per heavy atom. The van der Waals surface area contributed by atoms with E-state index in [0.29, 0.717) is 0 Å². The van der Waals surface area contributed by atoms with E-state index >= 15 is 0 Å². The van der Waals surface area contributed by atoms with Crippen LogP contribution in [0.15, 0.2) is 46.4 Å². The predicted molar refractivity (Wildman–Crippen MR) is 95.5 cm³/mol. The number of rotatable bonds is 4. The predicted octanol–water partition coefficient (Wildman–Crippen LogP) is 6.42. The third-order valence-electron chi connectivity index (χ3n) is 4.21. The average Bonchev–Trinajstić information content (AvgIpc) is 2.86. The molecule has 0 amide bonds. The molecule has 1 heteroatoms. The quantitative estimate of drug-likeness (QED) is 0.602. The molecule has 21 heavy (non-hydrogen) atoms. The number of hydrogen-bond acceptors (Lipinski definition) is 0. The molecule has 1 aliphatic rings. The summed E-state index contributed by atoms with van der Waals surface area (Å²) in [6, 6.07) is 13.5. The van der Waals surface area contributed by atoms with E-state index in [9.17, 15) is 0 Å². The highest BCUT2D eigenvalue weighted by atomic mass is 79.9.